The molecule has 0 atom stereocenters. The van der Waals surface area contributed by atoms with Crippen LogP contribution in [0.5, 0.6) is 11.5 Å². The van der Waals surface area contributed by atoms with Gasteiger partial charge in [-0.25, -0.2) is 0 Å². The number of halogens is 2. The molecule has 0 bridgehead atoms. The molecule has 0 spiro atoms. The third-order valence-electron chi connectivity index (χ3n) is 3.09. The maximum atomic E-state index is 12.5. The molecule has 2 rings (SSSR count). The predicted octanol–water partition coefficient (Wildman–Crippen LogP) is 4.52. The lowest BCUT2D eigenvalue weighted by Crippen LogP contribution is -2.14. The summed E-state index contributed by atoms with van der Waals surface area (Å²) in [7, 11) is 3.03. The third kappa shape index (κ3) is 3.64. The summed E-state index contributed by atoms with van der Waals surface area (Å²) in [6, 6.07) is 8.90. The number of rotatable bonds is 4. The number of ether oxygens (including phenoxy) is 2. The maximum absolute atomic E-state index is 12.5. The van der Waals surface area contributed by atoms with Crippen molar-refractivity contribution in [3.8, 4) is 11.5 Å². The Morgan fingerprint density at radius 2 is 1.82 bits per heavy atom. The van der Waals surface area contributed by atoms with E-state index in [0.717, 1.165) is 9.13 Å². The number of hydrogen-bond donors (Lipinski definition) is 1. The number of methoxy groups -OCH3 is 2. The minimum Gasteiger partial charge on any atom is -0.495 e. The van der Waals surface area contributed by atoms with Crippen molar-refractivity contribution in [1.29, 1.82) is 0 Å². The average molecular weight is 432 g/mol. The highest BCUT2D eigenvalue weighted by molar-refractivity contribution is 14.1. The molecule has 1 N–H and O–H groups in total. The lowest BCUT2D eigenvalue weighted by Gasteiger charge is -2.13. The van der Waals surface area contributed by atoms with Crippen molar-refractivity contribution in [2.45, 2.75) is 6.92 Å². The minimum atomic E-state index is -0.216. The first-order valence-electron chi connectivity index (χ1n) is 6.45. The molecule has 0 unspecified atom stereocenters. The first kappa shape index (κ1) is 16.9. The van der Waals surface area contributed by atoms with E-state index in [2.05, 4.69) is 27.9 Å². The Balaban J connectivity index is 2.35. The van der Waals surface area contributed by atoms with Gasteiger partial charge < -0.3 is 14.8 Å². The summed E-state index contributed by atoms with van der Waals surface area (Å²) in [5.74, 6) is 0.727. The Bertz CT molecular complexity index is 719. The normalized spacial score (nSPS) is 10.2. The number of aryl methyl sites for hydroxylation is 1. The van der Waals surface area contributed by atoms with Crippen LogP contribution in [0.25, 0.3) is 0 Å². The quantitative estimate of drug-likeness (QED) is 0.724. The molecule has 0 aromatic heterocycles. The number of carbonyl (C=O) groups excluding carboxylic acids is 1. The Morgan fingerprint density at radius 3 is 2.41 bits per heavy atom. The molecule has 22 heavy (non-hydrogen) atoms. The second-order valence-electron chi connectivity index (χ2n) is 4.62. The van der Waals surface area contributed by atoms with Gasteiger partial charge in [-0.2, -0.15) is 0 Å². The summed E-state index contributed by atoms with van der Waals surface area (Å²) in [5, 5.41) is 3.25. The van der Waals surface area contributed by atoms with E-state index < -0.39 is 0 Å². The highest BCUT2D eigenvalue weighted by atomic mass is 127. The monoisotopic (exact) mass is 431 g/mol. The van der Waals surface area contributed by atoms with Crippen LogP contribution in [-0.2, 0) is 0 Å². The second kappa shape index (κ2) is 7.19. The maximum Gasteiger partial charge on any atom is 0.256 e. The van der Waals surface area contributed by atoms with E-state index in [1.807, 2.05) is 19.1 Å². The molecular weight excluding hydrogens is 417 g/mol. The van der Waals surface area contributed by atoms with Gasteiger partial charge in [-0.3, -0.25) is 4.79 Å². The van der Waals surface area contributed by atoms with Crippen LogP contribution in [0, 0.1) is 10.5 Å². The zero-order valence-corrected chi connectivity index (χ0v) is 15.3. The van der Waals surface area contributed by atoms with Crippen molar-refractivity contribution >= 4 is 45.8 Å². The van der Waals surface area contributed by atoms with Gasteiger partial charge in [-0.1, -0.05) is 23.2 Å². The molecule has 1 amide bonds. The minimum absolute atomic E-state index is 0.216. The molecule has 0 aliphatic rings. The second-order valence-corrected chi connectivity index (χ2v) is 6.19. The Kier molecular flexibility index (Phi) is 5.52. The summed E-state index contributed by atoms with van der Waals surface area (Å²) < 4.78 is 11.3. The molecule has 0 saturated heterocycles. The highest BCUT2D eigenvalue weighted by Crippen LogP contribution is 2.36. The van der Waals surface area contributed by atoms with E-state index in [-0.39, 0.29) is 5.91 Å². The fourth-order valence-corrected chi connectivity index (χ4v) is 3.10. The first-order chi connectivity index (χ1) is 10.5. The van der Waals surface area contributed by atoms with Crippen LogP contribution in [0.1, 0.15) is 15.9 Å². The van der Waals surface area contributed by atoms with Crippen molar-refractivity contribution in [1.82, 2.24) is 0 Å². The van der Waals surface area contributed by atoms with Crippen LogP contribution in [0.2, 0.25) is 5.02 Å². The SMILES string of the molecule is COc1cc(NC(=O)c2ccc(C)cc2I)c(OC)cc1Cl. The van der Waals surface area contributed by atoms with E-state index >= 15 is 0 Å². The summed E-state index contributed by atoms with van der Waals surface area (Å²) >= 11 is 8.20. The largest absolute Gasteiger partial charge is 0.495 e. The molecule has 0 aliphatic carbocycles. The highest BCUT2D eigenvalue weighted by Gasteiger charge is 2.15. The standard InChI is InChI=1S/C16H15ClINO3/c1-9-4-5-10(12(18)6-9)16(20)19-13-8-14(21-2)11(17)7-15(13)22-3/h4-8H,1-3H3,(H,19,20). The summed E-state index contributed by atoms with van der Waals surface area (Å²) in [4.78, 5) is 12.5. The number of amides is 1. The van der Waals surface area contributed by atoms with Gasteiger partial charge in [0.05, 0.1) is 30.5 Å². The molecule has 6 heteroatoms. The topological polar surface area (TPSA) is 47.6 Å². The summed E-state index contributed by atoms with van der Waals surface area (Å²) in [6.07, 6.45) is 0. The molecule has 2 aromatic carbocycles. The van der Waals surface area contributed by atoms with Crippen LogP contribution in [0.4, 0.5) is 5.69 Å². The van der Waals surface area contributed by atoms with Gasteiger partial charge in [0.15, 0.2) is 0 Å². The van der Waals surface area contributed by atoms with Gasteiger partial charge in [0.25, 0.3) is 5.91 Å². The molecule has 0 radical (unpaired) electrons. The Labute approximate surface area is 147 Å². The lowest BCUT2D eigenvalue weighted by molar-refractivity contribution is 0.102. The van der Waals surface area contributed by atoms with E-state index in [4.69, 9.17) is 21.1 Å². The molecule has 0 fully saturated rings. The van der Waals surface area contributed by atoms with Crippen molar-refractivity contribution in [2.75, 3.05) is 19.5 Å². The van der Waals surface area contributed by atoms with Crippen molar-refractivity contribution in [3.63, 3.8) is 0 Å². The molecule has 0 aliphatic heterocycles. The van der Waals surface area contributed by atoms with Crippen LogP contribution in [0.15, 0.2) is 30.3 Å². The molecular formula is C16H15ClINO3. The molecule has 0 heterocycles. The number of benzene rings is 2. The lowest BCUT2D eigenvalue weighted by atomic mass is 10.1. The number of anilines is 1. The van der Waals surface area contributed by atoms with Crippen molar-refractivity contribution < 1.29 is 14.3 Å². The van der Waals surface area contributed by atoms with Crippen molar-refractivity contribution in [3.05, 3.63) is 50.1 Å². The van der Waals surface area contributed by atoms with Gasteiger partial charge in [0, 0.05) is 15.7 Å². The number of nitrogens with one attached hydrogen (secondary N) is 1. The zero-order chi connectivity index (χ0) is 16.3. The molecule has 116 valence electrons. The van der Waals surface area contributed by atoms with Crippen LogP contribution in [-0.4, -0.2) is 20.1 Å². The number of hydrogen-bond acceptors (Lipinski definition) is 3. The smallest absolute Gasteiger partial charge is 0.256 e. The first-order valence-corrected chi connectivity index (χ1v) is 7.91. The van der Waals surface area contributed by atoms with E-state index in [0.29, 0.717) is 27.8 Å². The van der Waals surface area contributed by atoms with E-state index in [9.17, 15) is 4.79 Å². The predicted molar refractivity (Wildman–Crippen MR) is 96.4 cm³/mol. The van der Waals surface area contributed by atoms with Gasteiger partial charge in [0.1, 0.15) is 11.5 Å². The zero-order valence-electron chi connectivity index (χ0n) is 12.4. The third-order valence-corrected chi connectivity index (χ3v) is 4.28. The fourth-order valence-electron chi connectivity index (χ4n) is 1.95. The molecule has 4 nitrogen and oxygen atoms in total. The summed E-state index contributed by atoms with van der Waals surface area (Å²) in [6.45, 7) is 1.98. The van der Waals surface area contributed by atoms with E-state index in [1.54, 1.807) is 18.2 Å². The fraction of sp³-hybridized carbons (Fsp3) is 0.188. The Hall–Kier alpha value is -1.47. The van der Waals surface area contributed by atoms with Crippen LogP contribution >= 0.6 is 34.2 Å². The van der Waals surface area contributed by atoms with E-state index in [1.165, 1.54) is 14.2 Å². The Morgan fingerprint density at radius 1 is 1.14 bits per heavy atom. The van der Waals surface area contributed by atoms with Crippen molar-refractivity contribution in [2.24, 2.45) is 0 Å². The summed E-state index contributed by atoms with van der Waals surface area (Å²) in [5.41, 5.74) is 2.21. The average Bonchev–Trinajstić information content (AvgIpc) is 2.48. The van der Waals surface area contributed by atoms with Gasteiger partial charge in [-0.05, 0) is 41.6 Å². The number of carbonyl (C=O) groups is 1. The molecule has 2 aromatic rings. The van der Waals surface area contributed by atoms with Crippen LogP contribution in [0.3, 0.4) is 0 Å². The van der Waals surface area contributed by atoms with Gasteiger partial charge in [-0.15, -0.1) is 0 Å². The van der Waals surface area contributed by atoms with Gasteiger partial charge >= 0.3 is 0 Å². The van der Waals surface area contributed by atoms with Crippen LogP contribution < -0.4 is 14.8 Å². The van der Waals surface area contributed by atoms with Gasteiger partial charge in [0.2, 0.25) is 0 Å². The molecule has 0 saturated carbocycles.